The standard InChI is InChI=1S/C15H26O7/c1-15-4-2-8(3-5-15)10(22-15)7-20-14-13(19)12(18)11(17)9(6-16)21-14/h8-14,16-19H,2-7H2,1H3/t8?,9-,10?,11-,12+,13-,14-,15?/m1/s1. The maximum absolute atomic E-state index is 9.95. The molecule has 0 aromatic rings. The minimum Gasteiger partial charge on any atom is -0.394 e. The van der Waals surface area contributed by atoms with Gasteiger partial charge in [0.05, 0.1) is 24.9 Å². The Morgan fingerprint density at radius 1 is 1.05 bits per heavy atom. The molecule has 3 heterocycles. The molecular weight excluding hydrogens is 292 g/mol. The first kappa shape index (κ1) is 16.6. The number of aliphatic hydroxyl groups is 4. The van der Waals surface area contributed by atoms with Crippen LogP contribution >= 0.6 is 0 Å². The van der Waals surface area contributed by atoms with Crippen LogP contribution in [0.5, 0.6) is 0 Å². The molecule has 1 unspecified atom stereocenters. The fourth-order valence-electron chi connectivity index (χ4n) is 3.77. The molecule has 0 amide bonds. The molecule has 0 aromatic heterocycles. The van der Waals surface area contributed by atoms with Gasteiger partial charge in [-0.1, -0.05) is 0 Å². The molecule has 3 saturated heterocycles. The van der Waals surface area contributed by atoms with Crippen LogP contribution in [0, 0.1) is 5.92 Å². The Labute approximate surface area is 129 Å². The van der Waals surface area contributed by atoms with Gasteiger partial charge in [0.2, 0.25) is 0 Å². The summed E-state index contributed by atoms with van der Waals surface area (Å²) in [4.78, 5) is 0. The number of rotatable bonds is 4. The SMILES string of the molecule is CC12CCC(CC1)C(CO[C@@H]1O[C@H](CO)[C@@H](O)[C@H](O)[C@H]1O)O2. The molecule has 7 nitrogen and oxygen atoms in total. The number of ether oxygens (including phenoxy) is 3. The van der Waals surface area contributed by atoms with Gasteiger partial charge >= 0.3 is 0 Å². The van der Waals surface area contributed by atoms with E-state index >= 15 is 0 Å². The van der Waals surface area contributed by atoms with Crippen LogP contribution in [0.15, 0.2) is 0 Å². The highest BCUT2D eigenvalue weighted by Gasteiger charge is 2.47. The van der Waals surface area contributed by atoms with Gasteiger partial charge in [-0.3, -0.25) is 0 Å². The zero-order valence-electron chi connectivity index (χ0n) is 12.8. The van der Waals surface area contributed by atoms with Crippen molar-refractivity contribution in [2.24, 2.45) is 5.92 Å². The molecule has 2 bridgehead atoms. The molecule has 0 aromatic carbocycles. The molecule has 4 N–H and O–H groups in total. The molecule has 4 rings (SSSR count). The third-order valence-corrected chi connectivity index (χ3v) is 5.32. The van der Waals surface area contributed by atoms with Crippen LogP contribution in [0.3, 0.4) is 0 Å². The van der Waals surface area contributed by atoms with E-state index in [2.05, 4.69) is 6.92 Å². The van der Waals surface area contributed by atoms with Crippen molar-refractivity contribution < 1.29 is 34.6 Å². The average molecular weight is 318 g/mol. The highest BCUT2D eigenvalue weighted by molar-refractivity contribution is 4.94. The predicted octanol–water partition coefficient (Wildman–Crippen LogP) is -0.849. The molecule has 22 heavy (non-hydrogen) atoms. The maximum Gasteiger partial charge on any atom is 0.186 e. The third-order valence-electron chi connectivity index (χ3n) is 5.32. The molecule has 128 valence electrons. The average Bonchev–Trinajstić information content (AvgIpc) is 2.52. The molecule has 6 atom stereocenters. The first-order chi connectivity index (χ1) is 10.4. The Bertz CT molecular complexity index is 380. The van der Waals surface area contributed by atoms with E-state index in [9.17, 15) is 15.3 Å². The minimum atomic E-state index is -1.41. The quantitative estimate of drug-likeness (QED) is 0.535. The van der Waals surface area contributed by atoms with Gasteiger partial charge in [0, 0.05) is 0 Å². The maximum atomic E-state index is 9.95. The smallest absolute Gasteiger partial charge is 0.186 e. The van der Waals surface area contributed by atoms with Gasteiger partial charge in [-0.2, -0.15) is 0 Å². The molecule has 0 spiro atoms. The van der Waals surface area contributed by atoms with Crippen LogP contribution in [0.25, 0.3) is 0 Å². The van der Waals surface area contributed by atoms with Crippen molar-refractivity contribution in [1.82, 2.24) is 0 Å². The normalized spacial score (nSPS) is 52.0. The van der Waals surface area contributed by atoms with Crippen LogP contribution < -0.4 is 0 Å². The number of aliphatic hydroxyl groups excluding tert-OH is 4. The van der Waals surface area contributed by atoms with Gasteiger partial charge in [0.15, 0.2) is 6.29 Å². The largest absolute Gasteiger partial charge is 0.394 e. The summed E-state index contributed by atoms with van der Waals surface area (Å²) in [6.45, 7) is 1.93. The summed E-state index contributed by atoms with van der Waals surface area (Å²) in [6.07, 6.45) is -1.83. The van der Waals surface area contributed by atoms with E-state index in [1.165, 1.54) is 0 Å². The monoisotopic (exact) mass is 318 g/mol. The Morgan fingerprint density at radius 2 is 1.73 bits per heavy atom. The zero-order chi connectivity index (χ0) is 15.9. The van der Waals surface area contributed by atoms with Crippen LogP contribution in [-0.4, -0.2) is 76.1 Å². The second-order valence-electron chi connectivity index (χ2n) is 6.97. The van der Waals surface area contributed by atoms with Crippen LogP contribution in [0.1, 0.15) is 32.6 Å². The van der Waals surface area contributed by atoms with Gasteiger partial charge in [-0.15, -0.1) is 0 Å². The number of hydrogen-bond acceptors (Lipinski definition) is 7. The minimum absolute atomic E-state index is 0.0418. The molecule has 1 aliphatic carbocycles. The van der Waals surface area contributed by atoms with Crippen molar-refractivity contribution in [3.8, 4) is 0 Å². The summed E-state index contributed by atoms with van der Waals surface area (Å²) in [6, 6.07) is 0. The van der Waals surface area contributed by atoms with Crippen molar-refractivity contribution in [2.45, 2.75) is 75.0 Å². The first-order valence-corrected chi connectivity index (χ1v) is 8.03. The Kier molecular flexibility index (Phi) is 4.76. The summed E-state index contributed by atoms with van der Waals surface area (Å²) in [7, 11) is 0. The van der Waals surface area contributed by atoms with Gasteiger partial charge in [-0.05, 0) is 38.5 Å². The van der Waals surface area contributed by atoms with E-state index in [1.54, 1.807) is 0 Å². The van der Waals surface area contributed by atoms with Gasteiger partial charge in [0.1, 0.15) is 24.4 Å². The second kappa shape index (κ2) is 6.32. The highest BCUT2D eigenvalue weighted by Crippen LogP contribution is 2.44. The molecule has 4 aliphatic rings. The lowest BCUT2D eigenvalue weighted by Crippen LogP contribution is -2.60. The summed E-state index contributed by atoms with van der Waals surface area (Å²) < 4.78 is 17.0. The van der Waals surface area contributed by atoms with E-state index in [4.69, 9.17) is 19.3 Å². The molecule has 3 aliphatic heterocycles. The van der Waals surface area contributed by atoms with Crippen molar-refractivity contribution in [2.75, 3.05) is 13.2 Å². The Hall–Kier alpha value is -0.280. The molecule has 0 radical (unpaired) electrons. The predicted molar refractivity (Wildman–Crippen MR) is 75.0 cm³/mol. The van der Waals surface area contributed by atoms with E-state index in [1.807, 2.05) is 0 Å². The van der Waals surface area contributed by atoms with E-state index in [0.717, 1.165) is 25.7 Å². The van der Waals surface area contributed by atoms with Gasteiger partial charge < -0.3 is 34.6 Å². The lowest BCUT2D eigenvalue weighted by Gasteiger charge is -2.49. The van der Waals surface area contributed by atoms with E-state index in [0.29, 0.717) is 5.92 Å². The van der Waals surface area contributed by atoms with Crippen molar-refractivity contribution >= 4 is 0 Å². The highest BCUT2D eigenvalue weighted by atomic mass is 16.7. The van der Waals surface area contributed by atoms with Gasteiger partial charge in [0.25, 0.3) is 0 Å². The Morgan fingerprint density at radius 3 is 2.32 bits per heavy atom. The second-order valence-corrected chi connectivity index (χ2v) is 6.97. The van der Waals surface area contributed by atoms with Crippen molar-refractivity contribution in [3.63, 3.8) is 0 Å². The van der Waals surface area contributed by atoms with Crippen molar-refractivity contribution in [1.29, 1.82) is 0 Å². The third kappa shape index (κ3) is 3.03. The molecule has 4 fully saturated rings. The summed E-state index contributed by atoms with van der Waals surface area (Å²) >= 11 is 0. The van der Waals surface area contributed by atoms with Gasteiger partial charge in [-0.25, -0.2) is 0 Å². The molecule has 1 saturated carbocycles. The summed E-state index contributed by atoms with van der Waals surface area (Å²) in [5.74, 6) is 0.451. The molecule has 7 heteroatoms. The fourth-order valence-corrected chi connectivity index (χ4v) is 3.77. The van der Waals surface area contributed by atoms with Crippen LogP contribution in [-0.2, 0) is 14.2 Å². The lowest BCUT2D eigenvalue weighted by molar-refractivity contribution is -0.312. The van der Waals surface area contributed by atoms with Crippen LogP contribution in [0.2, 0.25) is 0 Å². The lowest BCUT2D eigenvalue weighted by atomic mass is 9.74. The van der Waals surface area contributed by atoms with Crippen molar-refractivity contribution in [3.05, 3.63) is 0 Å². The molecular formula is C15H26O7. The number of hydrogen-bond donors (Lipinski definition) is 4. The summed E-state index contributed by atoms with van der Waals surface area (Å²) in [5, 5.41) is 38.6. The zero-order valence-corrected chi connectivity index (χ0v) is 12.8. The summed E-state index contributed by atoms with van der Waals surface area (Å²) in [5.41, 5.74) is -0.0852. The van der Waals surface area contributed by atoms with E-state index < -0.39 is 37.3 Å². The van der Waals surface area contributed by atoms with Crippen LogP contribution in [0.4, 0.5) is 0 Å². The first-order valence-electron chi connectivity index (χ1n) is 8.03. The Balaban J connectivity index is 1.57. The number of fused-ring (bicyclic) bond motifs is 3. The topological polar surface area (TPSA) is 109 Å². The fraction of sp³-hybridized carbons (Fsp3) is 1.00. The van der Waals surface area contributed by atoms with E-state index in [-0.39, 0.29) is 18.3 Å².